The lowest BCUT2D eigenvalue weighted by Gasteiger charge is -2.28. The van der Waals surface area contributed by atoms with Gasteiger partial charge in [0.25, 0.3) is 0 Å². The van der Waals surface area contributed by atoms with Crippen LogP contribution in [0.15, 0.2) is 18.2 Å². The van der Waals surface area contributed by atoms with Gasteiger partial charge in [0.2, 0.25) is 0 Å². The third-order valence-corrected chi connectivity index (χ3v) is 5.40. The Hall–Kier alpha value is -1.28. The first-order valence-corrected chi connectivity index (χ1v) is 9.17. The molecule has 1 aliphatic heterocycles. The van der Waals surface area contributed by atoms with Gasteiger partial charge in [-0.25, -0.2) is 0 Å². The lowest BCUT2D eigenvalue weighted by atomic mass is 10.0. The second-order valence-corrected chi connectivity index (χ2v) is 7.17. The lowest BCUT2D eigenvalue weighted by Crippen LogP contribution is -2.48. The molecule has 1 saturated heterocycles. The van der Waals surface area contributed by atoms with Crippen LogP contribution < -0.4 is 10.6 Å². The molecule has 0 bridgehead atoms. The largest absolute Gasteiger partial charge is 0.394 e. The molecule has 1 atom stereocenters. The number of aryl methyl sites for hydroxylation is 1. The summed E-state index contributed by atoms with van der Waals surface area (Å²) < 4.78 is 5.68. The minimum absolute atomic E-state index is 0.0744. The predicted molar refractivity (Wildman–Crippen MR) is 95.5 cm³/mol. The highest BCUT2D eigenvalue weighted by atomic mass is 35.5. The molecule has 1 aromatic carbocycles. The Balaban J connectivity index is 1.88. The summed E-state index contributed by atoms with van der Waals surface area (Å²) in [7, 11) is 0. The third kappa shape index (κ3) is 5.11. The molecule has 132 valence electrons. The maximum absolute atomic E-state index is 12.0. The summed E-state index contributed by atoms with van der Waals surface area (Å²) in [6.45, 7) is 2.23. The molecule has 0 spiro atoms. The Labute approximate surface area is 150 Å². The molecule has 3 N–H and O–H groups in total. The minimum atomic E-state index is -0.752. The van der Waals surface area contributed by atoms with Gasteiger partial charge in [-0.1, -0.05) is 17.7 Å². The number of amides is 2. The number of rotatable bonds is 6. The van der Waals surface area contributed by atoms with E-state index in [2.05, 4.69) is 10.6 Å². The van der Waals surface area contributed by atoms with Gasteiger partial charge in [0.05, 0.1) is 18.8 Å². The second kappa shape index (κ2) is 8.71. The van der Waals surface area contributed by atoms with Crippen LogP contribution in [-0.2, 0) is 14.3 Å². The molecule has 1 aliphatic rings. The highest BCUT2D eigenvalue weighted by molar-refractivity contribution is 7.99. The van der Waals surface area contributed by atoms with Crippen LogP contribution >= 0.6 is 23.4 Å². The van der Waals surface area contributed by atoms with Crippen LogP contribution in [-0.4, -0.2) is 53.8 Å². The molecule has 1 aromatic rings. The summed E-state index contributed by atoms with van der Waals surface area (Å²) in [6.07, 6.45) is 0.771. The van der Waals surface area contributed by atoms with Crippen molar-refractivity contribution in [1.82, 2.24) is 5.32 Å². The van der Waals surface area contributed by atoms with Crippen LogP contribution in [0.2, 0.25) is 5.02 Å². The van der Waals surface area contributed by atoms with Crippen molar-refractivity contribution in [1.29, 1.82) is 0 Å². The maximum atomic E-state index is 12.0. The highest BCUT2D eigenvalue weighted by Crippen LogP contribution is 2.30. The maximum Gasteiger partial charge on any atom is 0.313 e. The summed E-state index contributed by atoms with van der Waals surface area (Å²) in [5, 5.41) is 14.6. The number of hydrogen-bond acceptors (Lipinski definition) is 5. The van der Waals surface area contributed by atoms with Gasteiger partial charge in [-0.2, -0.15) is 11.8 Å². The van der Waals surface area contributed by atoms with Gasteiger partial charge in [0.1, 0.15) is 0 Å². The van der Waals surface area contributed by atoms with Crippen molar-refractivity contribution in [2.24, 2.45) is 0 Å². The average molecular weight is 373 g/mol. The molecule has 0 saturated carbocycles. The average Bonchev–Trinajstić information content (AvgIpc) is 3.03. The molecular weight excluding hydrogens is 352 g/mol. The summed E-state index contributed by atoms with van der Waals surface area (Å²) in [5.74, 6) is 0.172. The molecule has 1 heterocycles. The number of carbonyl (C=O) groups excluding carboxylic acids is 2. The van der Waals surface area contributed by atoms with E-state index >= 15 is 0 Å². The molecule has 24 heavy (non-hydrogen) atoms. The number of nitrogens with one attached hydrogen (secondary N) is 2. The van der Waals surface area contributed by atoms with E-state index in [0.717, 1.165) is 23.5 Å². The first-order chi connectivity index (χ1) is 11.5. The van der Waals surface area contributed by atoms with Crippen LogP contribution in [0.5, 0.6) is 0 Å². The Morgan fingerprint density at radius 1 is 1.42 bits per heavy atom. The standard InChI is InChI=1S/C16H21ClN2O4S/c1-11-2-3-12(8-13(11)17)19-15(22)14(21)18-9-16(23-6-5-20)4-7-24-10-16/h2-3,8,20H,4-7,9-10H2,1H3,(H,18,21)(H,19,22). The molecule has 2 rings (SSSR count). The third-order valence-electron chi connectivity index (χ3n) is 3.77. The van der Waals surface area contributed by atoms with Gasteiger partial charge in [-0.15, -0.1) is 0 Å². The van der Waals surface area contributed by atoms with Gasteiger partial charge in [0.15, 0.2) is 0 Å². The van der Waals surface area contributed by atoms with Crippen LogP contribution in [0.3, 0.4) is 0 Å². The molecule has 2 amide bonds. The summed E-state index contributed by atoms with van der Waals surface area (Å²) in [4.78, 5) is 24.0. The number of thioether (sulfide) groups is 1. The fourth-order valence-corrected chi connectivity index (χ4v) is 3.88. The number of carbonyl (C=O) groups is 2. The Kier molecular flexibility index (Phi) is 6.91. The quantitative estimate of drug-likeness (QED) is 0.660. The molecule has 1 fully saturated rings. The van der Waals surface area contributed by atoms with Crippen LogP contribution in [0.4, 0.5) is 5.69 Å². The molecule has 0 aliphatic carbocycles. The van der Waals surface area contributed by atoms with Crippen molar-refractivity contribution in [2.45, 2.75) is 18.9 Å². The van der Waals surface area contributed by atoms with E-state index in [-0.39, 0.29) is 19.8 Å². The monoisotopic (exact) mass is 372 g/mol. The first-order valence-electron chi connectivity index (χ1n) is 7.64. The summed E-state index contributed by atoms with van der Waals surface area (Å²) in [6, 6.07) is 5.05. The van der Waals surface area contributed by atoms with E-state index in [9.17, 15) is 9.59 Å². The zero-order valence-electron chi connectivity index (χ0n) is 13.4. The number of benzene rings is 1. The van der Waals surface area contributed by atoms with E-state index < -0.39 is 17.4 Å². The normalized spacial score (nSPS) is 20.0. The molecule has 1 unspecified atom stereocenters. The van der Waals surface area contributed by atoms with Gasteiger partial charge in [-0.05, 0) is 36.8 Å². The highest BCUT2D eigenvalue weighted by Gasteiger charge is 2.36. The van der Waals surface area contributed by atoms with Crippen molar-refractivity contribution < 1.29 is 19.4 Å². The van der Waals surface area contributed by atoms with Crippen molar-refractivity contribution in [3.8, 4) is 0 Å². The zero-order chi connectivity index (χ0) is 17.6. The topological polar surface area (TPSA) is 87.7 Å². The number of aliphatic hydroxyl groups is 1. The molecule has 0 radical (unpaired) electrons. The summed E-state index contributed by atoms with van der Waals surface area (Å²) >= 11 is 7.72. The molecule has 8 heteroatoms. The number of ether oxygens (including phenoxy) is 1. The Morgan fingerprint density at radius 3 is 2.83 bits per heavy atom. The fourth-order valence-electron chi connectivity index (χ4n) is 2.34. The van der Waals surface area contributed by atoms with Gasteiger partial charge < -0.3 is 20.5 Å². The van der Waals surface area contributed by atoms with Gasteiger partial charge in [-0.3, -0.25) is 9.59 Å². The predicted octanol–water partition coefficient (Wildman–Crippen LogP) is 1.59. The van der Waals surface area contributed by atoms with Crippen molar-refractivity contribution >= 4 is 40.9 Å². The molecule has 0 aromatic heterocycles. The van der Waals surface area contributed by atoms with Crippen LogP contribution in [0.25, 0.3) is 0 Å². The van der Waals surface area contributed by atoms with E-state index in [4.69, 9.17) is 21.4 Å². The molecule has 6 nitrogen and oxygen atoms in total. The lowest BCUT2D eigenvalue weighted by molar-refractivity contribution is -0.137. The van der Waals surface area contributed by atoms with E-state index in [1.807, 2.05) is 6.92 Å². The zero-order valence-corrected chi connectivity index (χ0v) is 15.0. The van der Waals surface area contributed by atoms with Gasteiger partial charge in [0, 0.05) is 23.0 Å². The minimum Gasteiger partial charge on any atom is -0.394 e. The SMILES string of the molecule is Cc1ccc(NC(=O)C(=O)NCC2(OCCO)CCSC2)cc1Cl. The second-order valence-electron chi connectivity index (χ2n) is 5.66. The number of aliphatic hydroxyl groups excluding tert-OH is 1. The van der Waals surface area contributed by atoms with Gasteiger partial charge >= 0.3 is 11.8 Å². The fraction of sp³-hybridized carbons (Fsp3) is 0.500. The number of hydrogen-bond donors (Lipinski definition) is 3. The number of anilines is 1. The van der Waals surface area contributed by atoms with Crippen molar-refractivity contribution in [3.63, 3.8) is 0 Å². The summed E-state index contributed by atoms with van der Waals surface area (Å²) in [5.41, 5.74) is 0.838. The van der Waals surface area contributed by atoms with E-state index in [1.54, 1.807) is 30.0 Å². The van der Waals surface area contributed by atoms with E-state index in [0.29, 0.717) is 10.7 Å². The number of halogens is 1. The Morgan fingerprint density at radius 2 is 2.21 bits per heavy atom. The van der Waals surface area contributed by atoms with Crippen LogP contribution in [0, 0.1) is 6.92 Å². The smallest absolute Gasteiger partial charge is 0.313 e. The van der Waals surface area contributed by atoms with Crippen molar-refractivity contribution in [2.75, 3.05) is 36.6 Å². The molecular formula is C16H21ClN2O4S. The van der Waals surface area contributed by atoms with Crippen LogP contribution in [0.1, 0.15) is 12.0 Å². The van der Waals surface area contributed by atoms with Crippen molar-refractivity contribution in [3.05, 3.63) is 28.8 Å². The van der Waals surface area contributed by atoms with E-state index in [1.165, 1.54) is 0 Å². The Bertz CT molecular complexity index is 606. The first kappa shape index (κ1) is 19.1.